The highest BCUT2D eigenvalue weighted by molar-refractivity contribution is 7.99. The molecule has 3 rings (SSSR count). The molecule has 0 atom stereocenters. The van der Waals surface area contributed by atoms with Gasteiger partial charge in [-0.25, -0.2) is 0 Å². The van der Waals surface area contributed by atoms with Crippen LogP contribution in [0.15, 0.2) is 52.1 Å². The molecule has 0 aliphatic rings. The zero-order valence-corrected chi connectivity index (χ0v) is 16.4. The first-order chi connectivity index (χ1) is 13.0. The van der Waals surface area contributed by atoms with Gasteiger partial charge in [-0.3, -0.25) is 4.79 Å². The van der Waals surface area contributed by atoms with Gasteiger partial charge in [0.2, 0.25) is 5.91 Å². The molecule has 0 fully saturated rings. The summed E-state index contributed by atoms with van der Waals surface area (Å²) in [6, 6.07) is 13.1. The van der Waals surface area contributed by atoms with Gasteiger partial charge in [0.15, 0.2) is 6.61 Å². The second-order valence-corrected chi connectivity index (χ2v) is 7.15. The lowest BCUT2D eigenvalue weighted by molar-refractivity contribution is -0.113. The molecular weight excluding hydrogens is 386 g/mol. The van der Waals surface area contributed by atoms with Gasteiger partial charge in [-0.05, 0) is 43.7 Å². The standard InChI is InChI=1S/C19H18ClN3O3S/c1-12-6-8-14(9-7-12)25-10-18-22-23-19(26-18)27-11-17(24)21-16-5-3-4-15(20)13(16)2/h3-9H,10-11H2,1-2H3,(H,21,24). The highest BCUT2D eigenvalue weighted by Gasteiger charge is 2.12. The normalized spacial score (nSPS) is 10.6. The number of carbonyl (C=O) groups excluding carboxylic acids is 1. The van der Waals surface area contributed by atoms with Gasteiger partial charge in [0.1, 0.15) is 5.75 Å². The lowest BCUT2D eigenvalue weighted by Crippen LogP contribution is -2.14. The molecule has 0 aliphatic heterocycles. The maximum atomic E-state index is 12.1. The molecule has 0 radical (unpaired) electrons. The molecule has 1 aromatic heterocycles. The number of aromatic nitrogens is 2. The third kappa shape index (κ3) is 5.48. The van der Waals surface area contributed by atoms with Crippen LogP contribution < -0.4 is 10.1 Å². The molecule has 2 aromatic carbocycles. The van der Waals surface area contributed by atoms with E-state index in [1.165, 1.54) is 0 Å². The van der Waals surface area contributed by atoms with Crippen LogP contribution >= 0.6 is 23.4 Å². The molecule has 0 saturated carbocycles. The van der Waals surface area contributed by atoms with Crippen molar-refractivity contribution in [3.8, 4) is 5.75 Å². The predicted octanol–water partition coefficient (Wildman–Crippen LogP) is 4.65. The molecule has 0 unspecified atom stereocenters. The molecule has 1 N–H and O–H groups in total. The fourth-order valence-corrected chi connectivity index (χ4v) is 2.95. The number of hydrogen-bond acceptors (Lipinski definition) is 6. The van der Waals surface area contributed by atoms with Crippen LogP contribution in [0.3, 0.4) is 0 Å². The Hall–Kier alpha value is -2.51. The van der Waals surface area contributed by atoms with Crippen molar-refractivity contribution in [3.63, 3.8) is 0 Å². The first-order valence-electron chi connectivity index (χ1n) is 8.21. The molecule has 1 amide bonds. The summed E-state index contributed by atoms with van der Waals surface area (Å²) in [5.74, 6) is 1.04. The third-order valence-corrected chi connectivity index (χ3v) is 4.93. The van der Waals surface area contributed by atoms with Gasteiger partial charge in [0.05, 0.1) is 5.75 Å². The lowest BCUT2D eigenvalue weighted by Gasteiger charge is -2.08. The second-order valence-electron chi connectivity index (χ2n) is 5.81. The summed E-state index contributed by atoms with van der Waals surface area (Å²) in [7, 11) is 0. The van der Waals surface area contributed by atoms with Gasteiger partial charge >= 0.3 is 0 Å². The van der Waals surface area contributed by atoms with Gasteiger partial charge in [0, 0.05) is 10.7 Å². The number of benzene rings is 2. The summed E-state index contributed by atoms with van der Waals surface area (Å²) in [6.45, 7) is 4.03. The van der Waals surface area contributed by atoms with E-state index in [1.54, 1.807) is 18.2 Å². The highest BCUT2D eigenvalue weighted by atomic mass is 35.5. The van der Waals surface area contributed by atoms with E-state index in [4.69, 9.17) is 20.8 Å². The quantitative estimate of drug-likeness (QED) is 0.578. The molecule has 0 spiro atoms. The molecular formula is C19H18ClN3O3S. The van der Waals surface area contributed by atoms with E-state index in [0.717, 1.165) is 28.6 Å². The molecule has 0 saturated heterocycles. The SMILES string of the molecule is Cc1ccc(OCc2nnc(SCC(=O)Nc3cccc(Cl)c3C)o2)cc1. The predicted molar refractivity (Wildman–Crippen MR) is 105 cm³/mol. The van der Waals surface area contributed by atoms with Crippen molar-refractivity contribution < 1.29 is 13.9 Å². The van der Waals surface area contributed by atoms with E-state index in [1.807, 2.05) is 38.1 Å². The van der Waals surface area contributed by atoms with Gasteiger partial charge in [-0.15, -0.1) is 10.2 Å². The maximum Gasteiger partial charge on any atom is 0.277 e. The van der Waals surface area contributed by atoms with Crippen LogP contribution in [0, 0.1) is 13.8 Å². The van der Waals surface area contributed by atoms with Gasteiger partial charge in [-0.1, -0.05) is 47.1 Å². The molecule has 140 valence electrons. The fourth-order valence-electron chi connectivity index (χ4n) is 2.19. The van der Waals surface area contributed by atoms with Crippen LogP contribution in [0.25, 0.3) is 0 Å². The van der Waals surface area contributed by atoms with Gasteiger partial charge < -0.3 is 14.5 Å². The Morgan fingerprint density at radius 1 is 1.19 bits per heavy atom. The minimum atomic E-state index is -0.180. The van der Waals surface area contributed by atoms with Crippen molar-refractivity contribution in [1.82, 2.24) is 10.2 Å². The number of anilines is 1. The topological polar surface area (TPSA) is 77.2 Å². The third-order valence-electron chi connectivity index (χ3n) is 3.70. The number of amides is 1. The van der Waals surface area contributed by atoms with Crippen LogP contribution in [0.5, 0.6) is 5.75 Å². The molecule has 8 heteroatoms. The van der Waals surface area contributed by atoms with E-state index >= 15 is 0 Å². The summed E-state index contributed by atoms with van der Waals surface area (Å²) in [4.78, 5) is 12.1. The molecule has 3 aromatic rings. The van der Waals surface area contributed by atoms with Crippen molar-refractivity contribution in [1.29, 1.82) is 0 Å². The van der Waals surface area contributed by atoms with Crippen LogP contribution in [0.4, 0.5) is 5.69 Å². The maximum absolute atomic E-state index is 12.1. The summed E-state index contributed by atoms with van der Waals surface area (Å²) in [5.41, 5.74) is 2.67. The Morgan fingerprint density at radius 2 is 1.96 bits per heavy atom. The summed E-state index contributed by atoms with van der Waals surface area (Å²) >= 11 is 7.21. The number of nitrogens with one attached hydrogen (secondary N) is 1. The van der Waals surface area contributed by atoms with E-state index in [0.29, 0.717) is 21.8 Å². The molecule has 27 heavy (non-hydrogen) atoms. The van der Waals surface area contributed by atoms with Gasteiger partial charge in [0.25, 0.3) is 11.1 Å². The average Bonchev–Trinajstić information content (AvgIpc) is 3.11. The van der Waals surface area contributed by atoms with Gasteiger partial charge in [-0.2, -0.15) is 0 Å². The summed E-state index contributed by atoms with van der Waals surface area (Å²) < 4.78 is 11.1. The van der Waals surface area contributed by atoms with E-state index in [-0.39, 0.29) is 18.3 Å². The van der Waals surface area contributed by atoms with Crippen LogP contribution in [0.2, 0.25) is 5.02 Å². The van der Waals surface area contributed by atoms with Crippen molar-refractivity contribution in [2.75, 3.05) is 11.1 Å². The fraction of sp³-hybridized carbons (Fsp3) is 0.211. The number of thioether (sulfide) groups is 1. The largest absolute Gasteiger partial charge is 0.484 e. The first-order valence-corrected chi connectivity index (χ1v) is 9.57. The number of carbonyl (C=O) groups is 1. The van der Waals surface area contributed by atoms with Crippen LogP contribution in [-0.2, 0) is 11.4 Å². The zero-order valence-electron chi connectivity index (χ0n) is 14.9. The molecule has 0 bridgehead atoms. The average molecular weight is 404 g/mol. The smallest absolute Gasteiger partial charge is 0.277 e. The number of rotatable bonds is 7. The van der Waals surface area contributed by atoms with Crippen molar-refractivity contribution >= 4 is 35.0 Å². The minimum Gasteiger partial charge on any atom is -0.484 e. The Kier molecular flexibility index (Phi) is 6.36. The summed E-state index contributed by atoms with van der Waals surface area (Å²) in [5, 5.41) is 11.6. The van der Waals surface area contributed by atoms with Crippen LogP contribution in [0.1, 0.15) is 17.0 Å². The van der Waals surface area contributed by atoms with Crippen molar-refractivity contribution in [2.45, 2.75) is 25.7 Å². The Bertz CT molecular complexity index is 928. The van der Waals surface area contributed by atoms with E-state index in [2.05, 4.69) is 15.5 Å². The van der Waals surface area contributed by atoms with Crippen molar-refractivity contribution in [2.24, 2.45) is 0 Å². The number of nitrogens with zero attached hydrogens (tertiary/aromatic N) is 2. The molecule has 6 nitrogen and oxygen atoms in total. The number of hydrogen-bond donors (Lipinski definition) is 1. The minimum absolute atomic E-state index is 0.145. The Morgan fingerprint density at radius 3 is 2.74 bits per heavy atom. The van der Waals surface area contributed by atoms with E-state index < -0.39 is 0 Å². The highest BCUT2D eigenvalue weighted by Crippen LogP contribution is 2.24. The van der Waals surface area contributed by atoms with Crippen molar-refractivity contribution in [3.05, 3.63) is 64.5 Å². The molecule has 1 heterocycles. The Labute approximate surface area is 166 Å². The number of aryl methyl sites for hydroxylation is 1. The zero-order chi connectivity index (χ0) is 19.2. The number of halogens is 1. The number of ether oxygens (including phenoxy) is 1. The Balaban J connectivity index is 1.48. The van der Waals surface area contributed by atoms with E-state index in [9.17, 15) is 4.79 Å². The lowest BCUT2D eigenvalue weighted by atomic mass is 10.2. The molecule has 0 aliphatic carbocycles. The summed E-state index contributed by atoms with van der Waals surface area (Å²) in [6.07, 6.45) is 0. The second kappa shape index (κ2) is 8.92. The monoisotopic (exact) mass is 403 g/mol. The first kappa shape index (κ1) is 19.3. The van der Waals surface area contributed by atoms with Crippen LogP contribution in [-0.4, -0.2) is 21.9 Å².